The second-order valence-electron chi connectivity index (χ2n) is 5.15. The maximum absolute atomic E-state index is 11.5. The predicted octanol–water partition coefficient (Wildman–Crippen LogP) is 2.40. The van der Waals surface area contributed by atoms with Gasteiger partial charge in [-0.2, -0.15) is 0 Å². The molecule has 0 unspecified atom stereocenters. The second-order valence-corrected chi connectivity index (χ2v) is 5.15. The van der Waals surface area contributed by atoms with E-state index in [0.29, 0.717) is 6.54 Å². The Hall–Kier alpha value is -1.31. The number of benzene rings is 1. The molecule has 0 atom stereocenters. The predicted molar refractivity (Wildman–Crippen MR) is 107 cm³/mol. The minimum Gasteiger partial charge on any atom is -0.357 e. The van der Waals surface area contributed by atoms with Crippen LogP contribution in [0.2, 0.25) is 0 Å². The number of hydrogen-bond acceptors (Lipinski definition) is 2. The van der Waals surface area contributed by atoms with E-state index >= 15 is 0 Å². The number of nitrogens with zero attached hydrogens (tertiary/aromatic N) is 2. The third-order valence-corrected chi connectivity index (χ3v) is 3.29. The molecule has 0 aliphatic carbocycles. The van der Waals surface area contributed by atoms with Crippen LogP contribution in [0.4, 0.5) is 0 Å². The van der Waals surface area contributed by atoms with Gasteiger partial charge in [0.1, 0.15) is 6.54 Å². The van der Waals surface area contributed by atoms with Crippen LogP contribution in [0.25, 0.3) is 0 Å². The molecule has 0 aliphatic rings. The summed E-state index contributed by atoms with van der Waals surface area (Å²) in [7, 11) is 1.98. The quantitative estimate of drug-likeness (QED) is 0.395. The van der Waals surface area contributed by atoms with Crippen molar-refractivity contribution in [2.75, 3.05) is 26.7 Å². The number of rotatable bonds is 7. The van der Waals surface area contributed by atoms with Gasteiger partial charge in [-0.1, -0.05) is 31.2 Å². The van der Waals surface area contributed by atoms with Crippen molar-refractivity contribution in [3.05, 3.63) is 35.4 Å². The number of aliphatic imine (C=N–C) groups is 1. The van der Waals surface area contributed by atoms with E-state index in [2.05, 4.69) is 46.8 Å². The molecule has 0 saturated heterocycles. The van der Waals surface area contributed by atoms with Crippen molar-refractivity contribution in [2.45, 2.75) is 33.7 Å². The van der Waals surface area contributed by atoms with Crippen molar-refractivity contribution in [1.82, 2.24) is 15.5 Å². The van der Waals surface area contributed by atoms with E-state index < -0.39 is 0 Å². The third kappa shape index (κ3) is 8.20. The van der Waals surface area contributed by atoms with Crippen LogP contribution in [0, 0.1) is 0 Å². The first-order chi connectivity index (χ1) is 10.6. The first-order valence-corrected chi connectivity index (χ1v) is 7.94. The van der Waals surface area contributed by atoms with E-state index in [-0.39, 0.29) is 36.4 Å². The Morgan fingerprint density at radius 1 is 1.04 bits per heavy atom. The molecule has 2 N–H and O–H groups in total. The number of likely N-dealkylation sites (N-methyl/N-ethyl adjacent to an activating group) is 1. The molecule has 0 aromatic heterocycles. The summed E-state index contributed by atoms with van der Waals surface area (Å²) >= 11 is 0. The molecule has 0 saturated carbocycles. The lowest BCUT2D eigenvalue weighted by molar-refractivity contribution is -0.119. The molecule has 5 nitrogen and oxygen atoms in total. The van der Waals surface area contributed by atoms with E-state index in [1.807, 2.05) is 25.8 Å². The first kappa shape index (κ1) is 21.7. The number of nitrogens with one attached hydrogen (secondary N) is 2. The molecule has 6 heteroatoms. The molecule has 130 valence electrons. The lowest BCUT2D eigenvalue weighted by Gasteiger charge is -2.22. The third-order valence-electron chi connectivity index (χ3n) is 3.29. The number of carbonyl (C=O) groups is 1. The molecule has 1 aromatic carbocycles. The van der Waals surface area contributed by atoms with Crippen molar-refractivity contribution in [1.29, 1.82) is 0 Å². The molecular weight excluding hydrogens is 403 g/mol. The lowest BCUT2D eigenvalue weighted by atomic mass is 10.1. The highest BCUT2D eigenvalue weighted by Gasteiger charge is 2.07. The van der Waals surface area contributed by atoms with E-state index in [0.717, 1.165) is 25.5 Å². The van der Waals surface area contributed by atoms with Gasteiger partial charge in [0.15, 0.2) is 5.96 Å². The van der Waals surface area contributed by atoms with Crippen LogP contribution >= 0.6 is 24.0 Å². The van der Waals surface area contributed by atoms with E-state index in [1.54, 1.807) is 0 Å². The van der Waals surface area contributed by atoms with Crippen LogP contribution in [0.3, 0.4) is 0 Å². The molecule has 0 heterocycles. The SMILES string of the molecule is CCNC(=O)CN=C(NCC)N(C)Cc1ccc(CC)cc1.I. The molecule has 0 bridgehead atoms. The van der Waals surface area contributed by atoms with Crippen molar-refractivity contribution in [3.8, 4) is 0 Å². The van der Waals surface area contributed by atoms with Crippen LogP contribution in [0.1, 0.15) is 31.9 Å². The molecule has 23 heavy (non-hydrogen) atoms. The fourth-order valence-corrected chi connectivity index (χ4v) is 2.10. The Labute approximate surface area is 157 Å². The van der Waals surface area contributed by atoms with Crippen molar-refractivity contribution in [3.63, 3.8) is 0 Å². The lowest BCUT2D eigenvalue weighted by Crippen LogP contribution is -2.39. The van der Waals surface area contributed by atoms with Gasteiger partial charge in [0.25, 0.3) is 0 Å². The van der Waals surface area contributed by atoms with Gasteiger partial charge in [-0.25, -0.2) is 4.99 Å². The number of halogens is 1. The average Bonchev–Trinajstić information content (AvgIpc) is 2.52. The Balaban J connectivity index is 0.00000484. The number of guanidine groups is 1. The van der Waals surface area contributed by atoms with Crippen LogP contribution in [-0.4, -0.2) is 43.4 Å². The van der Waals surface area contributed by atoms with E-state index in [1.165, 1.54) is 11.1 Å². The number of hydrogen-bond donors (Lipinski definition) is 2. The molecule has 1 amide bonds. The van der Waals surface area contributed by atoms with Gasteiger partial charge in [0.05, 0.1) is 0 Å². The van der Waals surface area contributed by atoms with Gasteiger partial charge in [0.2, 0.25) is 5.91 Å². The first-order valence-electron chi connectivity index (χ1n) is 7.94. The van der Waals surface area contributed by atoms with Gasteiger partial charge in [0, 0.05) is 26.7 Å². The number of carbonyl (C=O) groups excluding carboxylic acids is 1. The zero-order chi connectivity index (χ0) is 16.4. The highest BCUT2D eigenvalue weighted by Crippen LogP contribution is 2.07. The van der Waals surface area contributed by atoms with Crippen LogP contribution in [0.5, 0.6) is 0 Å². The van der Waals surface area contributed by atoms with Crippen molar-refractivity contribution in [2.24, 2.45) is 4.99 Å². The maximum atomic E-state index is 11.5. The summed E-state index contributed by atoms with van der Waals surface area (Å²) in [5, 5.41) is 5.97. The molecule has 0 spiro atoms. The fraction of sp³-hybridized carbons (Fsp3) is 0.529. The monoisotopic (exact) mass is 432 g/mol. The zero-order valence-corrected chi connectivity index (χ0v) is 16.9. The minimum absolute atomic E-state index is 0. The summed E-state index contributed by atoms with van der Waals surface area (Å²) in [4.78, 5) is 18.0. The van der Waals surface area contributed by atoms with Crippen LogP contribution < -0.4 is 10.6 Å². The minimum atomic E-state index is -0.0569. The second kappa shape index (κ2) is 12.2. The normalized spacial score (nSPS) is 10.7. The Kier molecular flexibility index (Phi) is 11.5. The Bertz CT molecular complexity index is 488. The van der Waals surface area contributed by atoms with E-state index in [9.17, 15) is 4.79 Å². The molecule has 0 aliphatic heterocycles. The standard InChI is InChI=1S/C17H28N4O.HI/c1-5-14-8-10-15(11-9-14)13-21(4)17(19-7-3)20-12-16(22)18-6-2;/h8-11H,5-7,12-13H2,1-4H3,(H,18,22)(H,19,20);1H. The summed E-state index contributed by atoms with van der Waals surface area (Å²) in [6.45, 7) is 8.38. The summed E-state index contributed by atoms with van der Waals surface area (Å²) < 4.78 is 0. The molecule has 0 fully saturated rings. The topological polar surface area (TPSA) is 56.7 Å². The van der Waals surface area contributed by atoms with Crippen molar-refractivity contribution >= 4 is 35.8 Å². The Morgan fingerprint density at radius 2 is 1.61 bits per heavy atom. The smallest absolute Gasteiger partial charge is 0.241 e. The average molecular weight is 432 g/mol. The molecule has 0 radical (unpaired) electrons. The highest BCUT2D eigenvalue weighted by molar-refractivity contribution is 14.0. The summed E-state index contributed by atoms with van der Waals surface area (Å²) in [6.07, 6.45) is 1.05. The summed E-state index contributed by atoms with van der Waals surface area (Å²) in [6, 6.07) is 8.59. The van der Waals surface area contributed by atoms with Gasteiger partial charge in [-0.05, 0) is 31.4 Å². The fourth-order valence-electron chi connectivity index (χ4n) is 2.10. The Morgan fingerprint density at radius 3 is 2.13 bits per heavy atom. The maximum Gasteiger partial charge on any atom is 0.241 e. The number of aryl methyl sites for hydroxylation is 1. The van der Waals surface area contributed by atoms with E-state index in [4.69, 9.17) is 0 Å². The molecular formula is C17H29IN4O. The largest absolute Gasteiger partial charge is 0.357 e. The molecule has 1 aromatic rings. The van der Waals surface area contributed by atoms with Gasteiger partial charge >= 0.3 is 0 Å². The van der Waals surface area contributed by atoms with Gasteiger partial charge in [-0.3, -0.25) is 4.79 Å². The van der Waals surface area contributed by atoms with Crippen molar-refractivity contribution < 1.29 is 4.79 Å². The number of amides is 1. The zero-order valence-electron chi connectivity index (χ0n) is 14.6. The van der Waals surface area contributed by atoms with Crippen LogP contribution in [0.15, 0.2) is 29.3 Å². The van der Waals surface area contributed by atoms with Gasteiger partial charge in [-0.15, -0.1) is 24.0 Å². The van der Waals surface area contributed by atoms with Crippen LogP contribution in [-0.2, 0) is 17.8 Å². The highest BCUT2D eigenvalue weighted by atomic mass is 127. The summed E-state index contributed by atoms with van der Waals surface area (Å²) in [5.74, 6) is 0.687. The van der Waals surface area contributed by atoms with Gasteiger partial charge < -0.3 is 15.5 Å². The molecule has 1 rings (SSSR count). The summed E-state index contributed by atoms with van der Waals surface area (Å²) in [5.41, 5.74) is 2.56.